The van der Waals surface area contributed by atoms with Gasteiger partial charge in [-0.05, 0) is 35.4 Å². The van der Waals surface area contributed by atoms with Crippen LogP contribution in [0.25, 0.3) is 0 Å². The van der Waals surface area contributed by atoms with Crippen LogP contribution in [-0.2, 0) is 16.1 Å². The Hall–Kier alpha value is -3.48. The van der Waals surface area contributed by atoms with E-state index in [1.807, 2.05) is 55.4 Å². The van der Waals surface area contributed by atoms with E-state index in [1.165, 1.54) is 4.90 Å². The third-order valence-corrected chi connectivity index (χ3v) is 5.44. The number of Topliss-reactive ketones (excluding diaryl/α,β-unsaturated/α-hetero) is 1. The highest BCUT2D eigenvalue weighted by Gasteiger charge is 2.43. The number of rotatable bonds is 6. The Morgan fingerprint density at radius 1 is 1.13 bits per heavy atom. The van der Waals surface area contributed by atoms with Crippen LogP contribution in [0.2, 0.25) is 0 Å². The average molecular weight is 408 g/mol. The van der Waals surface area contributed by atoms with Gasteiger partial charge in [-0.25, -0.2) is 0 Å². The van der Waals surface area contributed by atoms with Gasteiger partial charge in [0.25, 0.3) is 5.91 Å². The van der Waals surface area contributed by atoms with Crippen LogP contribution in [0, 0.1) is 0 Å². The van der Waals surface area contributed by atoms with Crippen molar-refractivity contribution < 1.29 is 24.2 Å². The molecule has 0 bridgehead atoms. The lowest BCUT2D eigenvalue weighted by molar-refractivity contribution is -0.130. The number of hydrogen-bond acceptors (Lipinski definition) is 6. The number of anilines is 1. The van der Waals surface area contributed by atoms with E-state index in [1.54, 1.807) is 13.0 Å². The van der Waals surface area contributed by atoms with Gasteiger partial charge in [-0.1, -0.05) is 25.1 Å². The highest BCUT2D eigenvalue weighted by atomic mass is 16.7. The molecule has 1 amide bonds. The van der Waals surface area contributed by atoms with Crippen molar-refractivity contribution in [1.82, 2.24) is 4.90 Å². The van der Waals surface area contributed by atoms with Gasteiger partial charge in [0.1, 0.15) is 0 Å². The van der Waals surface area contributed by atoms with Crippen LogP contribution in [0.15, 0.2) is 53.8 Å². The van der Waals surface area contributed by atoms with Gasteiger partial charge >= 0.3 is 0 Å². The van der Waals surface area contributed by atoms with Crippen molar-refractivity contribution in [1.29, 1.82) is 0 Å². The molecule has 7 nitrogen and oxygen atoms in total. The molecular formula is C23H24N2O5. The lowest BCUT2D eigenvalue weighted by Crippen LogP contribution is -2.30. The molecule has 1 N–H and O–H groups in total. The Morgan fingerprint density at radius 3 is 2.50 bits per heavy atom. The number of nitrogens with zero attached hydrogens (tertiary/aromatic N) is 2. The first-order chi connectivity index (χ1) is 14.4. The highest BCUT2D eigenvalue weighted by molar-refractivity contribution is 6.08. The standard InChI is InChI=1S/C23H24N2O5/c1-4-17(26)20-21(15-6-8-16(9-7-15)24(2)3)25(23(28)22(20)27)12-14-5-10-18-19(11-14)30-13-29-18/h5-11,21,27H,4,12-13H2,1-3H3. The maximum atomic E-state index is 12.9. The van der Waals surface area contributed by atoms with E-state index in [0.717, 1.165) is 16.8 Å². The minimum Gasteiger partial charge on any atom is -0.503 e. The fourth-order valence-electron chi connectivity index (χ4n) is 3.83. The molecule has 0 saturated carbocycles. The molecule has 0 spiro atoms. The second-order valence-corrected chi connectivity index (χ2v) is 7.55. The van der Waals surface area contributed by atoms with Gasteiger partial charge in [0.2, 0.25) is 6.79 Å². The number of aliphatic hydroxyl groups excluding tert-OH is 1. The average Bonchev–Trinajstić information content (AvgIpc) is 3.31. The molecule has 7 heteroatoms. The van der Waals surface area contributed by atoms with Gasteiger partial charge in [-0.2, -0.15) is 0 Å². The molecule has 2 heterocycles. The van der Waals surface area contributed by atoms with Crippen LogP contribution in [0.3, 0.4) is 0 Å². The number of carbonyl (C=O) groups excluding carboxylic acids is 2. The van der Waals surface area contributed by atoms with Crippen molar-refractivity contribution in [2.45, 2.75) is 25.9 Å². The number of ketones is 1. The largest absolute Gasteiger partial charge is 0.503 e. The summed E-state index contributed by atoms with van der Waals surface area (Å²) in [6, 6.07) is 12.5. The Bertz CT molecular complexity index is 1030. The van der Waals surface area contributed by atoms with Gasteiger partial charge in [0, 0.05) is 32.7 Å². The van der Waals surface area contributed by atoms with Crippen molar-refractivity contribution >= 4 is 17.4 Å². The molecular weight excluding hydrogens is 384 g/mol. The van der Waals surface area contributed by atoms with E-state index in [9.17, 15) is 14.7 Å². The molecule has 0 fully saturated rings. The van der Waals surface area contributed by atoms with Gasteiger partial charge in [-0.3, -0.25) is 9.59 Å². The number of benzene rings is 2. The minimum absolute atomic E-state index is 0.154. The SMILES string of the molecule is CCC(=O)C1=C(O)C(=O)N(Cc2ccc3c(c2)OCO3)C1c1ccc(N(C)C)cc1. The monoisotopic (exact) mass is 408 g/mol. The lowest BCUT2D eigenvalue weighted by atomic mass is 9.94. The number of aliphatic hydroxyl groups is 1. The maximum Gasteiger partial charge on any atom is 0.290 e. The summed E-state index contributed by atoms with van der Waals surface area (Å²) in [4.78, 5) is 29.1. The molecule has 1 unspecified atom stereocenters. The summed E-state index contributed by atoms with van der Waals surface area (Å²) in [7, 11) is 3.88. The molecule has 1 atom stereocenters. The van der Waals surface area contributed by atoms with Gasteiger partial charge in [-0.15, -0.1) is 0 Å². The zero-order chi connectivity index (χ0) is 21.4. The fourth-order valence-corrected chi connectivity index (χ4v) is 3.83. The van der Waals surface area contributed by atoms with E-state index in [2.05, 4.69) is 0 Å². The van der Waals surface area contributed by atoms with Crippen LogP contribution in [0.4, 0.5) is 5.69 Å². The molecule has 156 valence electrons. The zero-order valence-electron chi connectivity index (χ0n) is 17.2. The molecule has 2 aliphatic heterocycles. The quantitative estimate of drug-likeness (QED) is 0.790. The summed E-state index contributed by atoms with van der Waals surface area (Å²) in [5.74, 6) is 0.0179. The summed E-state index contributed by atoms with van der Waals surface area (Å²) in [5.41, 5.74) is 2.75. The van der Waals surface area contributed by atoms with E-state index < -0.39 is 17.7 Å². The molecule has 30 heavy (non-hydrogen) atoms. The van der Waals surface area contributed by atoms with Crippen LogP contribution in [0.5, 0.6) is 11.5 Å². The lowest BCUT2D eigenvalue weighted by Gasteiger charge is -2.27. The summed E-state index contributed by atoms with van der Waals surface area (Å²) in [6.07, 6.45) is 0.205. The van der Waals surface area contributed by atoms with Crippen molar-refractivity contribution in [2.75, 3.05) is 25.8 Å². The van der Waals surface area contributed by atoms with Gasteiger partial charge < -0.3 is 24.4 Å². The third-order valence-electron chi connectivity index (χ3n) is 5.44. The summed E-state index contributed by atoms with van der Waals surface area (Å²) in [6.45, 7) is 2.11. The summed E-state index contributed by atoms with van der Waals surface area (Å²) in [5, 5.41) is 10.6. The van der Waals surface area contributed by atoms with Gasteiger partial charge in [0.15, 0.2) is 23.0 Å². The van der Waals surface area contributed by atoms with E-state index in [4.69, 9.17) is 9.47 Å². The summed E-state index contributed by atoms with van der Waals surface area (Å²) < 4.78 is 10.8. The van der Waals surface area contributed by atoms with E-state index >= 15 is 0 Å². The van der Waals surface area contributed by atoms with Crippen molar-refractivity contribution in [3.05, 3.63) is 64.9 Å². The molecule has 0 aliphatic carbocycles. The second kappa shape index (κ2) is 7.74. The van der Waals surface area contributed by atoms with Crippen LogP contribution >= 0.6 is 0 Å². The predicted octanol–water partition coefficient (Wildman–Crippen LogP) is 3.36. The van der Waals surface area contributed by atoms with E-state index in [0.29, 0.717) is 11.5 Å². The van der Waals surface area contributed by atoms with Gasteiger partial charge in [0.05, 0.1) is 11.6 Å². The second-order valence-electron chi connectivity index (χ2n) is 7.55. The number of hydrogen-bond donors (Lipinski definition) is 1. The van der Waals surface area contributed by atoms with Crippen LogP contribution in [0.1, 0.15) is 30.5 Å². The van der Waals surface area contributed by atoms with E-state index in [-0.39, 0.29) is 31.1 Å². The minimum atomic E-state index is -0.647. The molecule has 2 aliphatic rings. The first kappa shape index (κ1) is 19.8. The maximum absolute atomic E-state index is 12.9. The normalized spacial score (nSPS) is 17.6. The Kier molecular flexibility index (Phi) is 5.11. The molecule has 2 aromatic rings. The number of carbonyl (C=O) groups is 2. The number of amides is 1. The number of fused-ring (bicyclic) bond motifs is 1. The topological polar surface area (TPSA) is 79.3 Å². The third kappa shape index (κ3) is 3.36. The van der Waals surface area contributed by atoms with Crippen LogP contribution in [-0.4, -0.2) is 42.6 Å². The Labute approximate surface area is 175 Å². The summed E-state index contributed by atoms with van der Waals surface area (Å²) >= 11 is 0. The highest BCUT2D eigenvalue weighted by Crippen LogP contribution is 2.40. The number of ether oxygens (including phenoxy) is 2. The van der Waals surface area contributed by atoms with Crippen molar-refractivity contribution in [3.63, 3.8) is 0 Å². The molecule has 0 aromatic heterocycles. The van der Waals surface area contributed by atoms with Crippen LogP contribution < -0.4 is 14.4 Å². The smallest absolute Gasteiger partial charge is 0.290 e. The first-order valence-electron chi connectivity index (χ1n) is 9.83. The Balaban J connectivity index is 1.72. The predicted molar refractivity (Wildman–Crippen MR) is 112 cm³/mol. The molecule has 2 aromatic carbocycles. The first-order valence-corrected chi connectivity index (χ1v) is 9.83. The molecule has 0 radical (unpaired) electrons. The zero-order valence-corrected chi connectivity index (χ0v) is 17.2. The molecule has 0 saturated heterocycles. The van der Waals surface area contributed by atoms with Crippen molar-refractivity contribution in [3.8, 4) is 11.5 Å². The van der Waals surface area contributed by atoms with Crippen molar-refractivity contribution in [2.24, 2.45) is 0 Å². The fraction of sp³-hybridized carbons (Fsp3) is 0.304. The Morgan fingerprint density at radius 2 is 1.83 bits per heavy atom. The molecule has 4 rings (SSSR count).